The molecule has 0 heterocycles. The van der Waals surface area contributed by atoms with Gasteiger partial charge in [0.1, 0.15) is 0 Å². The van der Waals surface area contributed by atoms with Gasteiger partial charge in [-0.2, -0.15) is 11.8 Å². The summed E-state index contributed by atoms with van der Waals surface area (Å²) in [4.78, 5) is 22.9. The van der Waals surface area contributed by atoms with E-state index in [-0.39, 0.29) is 5.91 Å². The Kier molecular flexibility index (Phi) is 9.16. The topological polar surface area (TPSA) is 96.2 Å². The van der Waals surface area contributed by atoms with E-state index >= 15 is 0 Å². The highest BCUT2D eigenvalue weighted by molar-refractivity contribution is 7.99. The molecule has 1 aromatic rings. The molecule has 0 fully saturated rings. The van der Waals surface area contributed by atoms with Gasteiger partial charge in [0.25, 0.3) is 0 Å². The SMILES string of the molecule is CCC(C)CSCCCC(=O)Nc1ccc(NC(=O)NN)cc1. The Labute approximate surface area is 141 Å². The van der Waals surface area contributed by atoms with Crippen molar-refractivity contribution in [1.29, 1.82) is 0 Å². The minimum atomic E-state index is -0.489. The fourth-order valence-corrected chi connectivity index (χ4v) is 2.92. The van der Waals surface area contributed by atoms with Gasteiger partial charge in [-0.3, -0.25) is 10.2 Å². The number of nitrogens with one attached hydrogen (secondary N) is 3. The molecular weight excluding hydrogens is 312 g/mol. The minimum Gasteiger partial charge on any atom is -0.326 e. The average Bonchev–Trinajstić information content (AvgIpc) is 2.55. The second-order valence-corrected chi connectivity index (χ2v) is 6.57. The highest BCUT2D eigenvalue weighted by Gasteiger charge is 2.04. The summed E-state index contributed by atoms with van der Waals surface area (Å²) in [6, 6.07) is 6.39. The van der Waals surface area contributed by atoms with Crippen molar-refractivity contribution in [3.63, 3.8) is 0 Å². The number of amides is 3. The summed E-state index contributed by atoms with van der Waals surface area (Å²) < 4.78 is 0. The number of carbonyl (C=O) groups excluding carboxylic acids is 2. The third-order valence-electron chi connectivity index (χ3n) is 3.35. The molecule has 0 aliphatic carbocycles. The average molecular weight is 338 g/mol. The fourth-order valence-electron chi connectivity index (χ4n) is 1.76. The number of hydrogen-bond acceptors (Lipinski definition) is 4. The van der Waals surface area contributed by atoms with E-state index in [4.69, 9.17) is 5.84 Å². The van der Waals surface area contributed by atoms with Crippen molar-refractivity contribution in [3.8, 4) is 0 Å². The molecule has 0 aliphatic rings. The van der Waals surface area contributed by atoms with Crippen molar-refractivity contribution in [1.82, 2.24) is 5.43 Å². The molecule has 0 aromatic heterocycles. The lowest BCUT2D eigenvalue weighted by Crippen LogP contribution is -2.34. The van der Waals surface area contributed by atoms with Crippen LogP contribution in [0.15, 0.2) is 24.3 Å². The lowest BCUT2D eigenvalue weighted by atomic mass is 10.2. The number of nitrogens with two attached hydrogens (primary N) is 1. The van der Waals surface area contributed by atoms with E-state index < -0.39 is 6.03 Å². The van der Waals surface area contributed by atoms with Gasteiger partial charge in [-0.25, -0.2) is 10.6 Å². The lowest BCUT2D eigenvalue weighted by Gasteiger charge is -2.09. The quantitative estimate of drug-likeness (QED) is 0.241. The summed E-state index contributed by atoms with van der Waals surface area (Å²) >= 11 is 1.91. The zero-order chi connectivity index (χ0) is 17.1. The van der Waals surface area contributed by atoms with Gasteiger partial charge < -0.3 is 10.6 Å². The number of urea groups is 1. The summed E-state index contributed by atoms with van der Waals surface area (Å²) in [5.41, 5.74) is 3.30. The van der Waals surface area contributed by atoms with Gasteiger partial charge in [0.2, 0.25) is 5.91 Å². The van der Waals surface area contributed by atoms with Gasteiger partial charge in [-0.1, -0.05) is 20.3 Å². The smallest absolute Gasteiger partial charge is 0.326 e. The number of thioether (sulfide) groups is 1. The first-order valence-electron chi connectivity index (χ1n) is 7.80. The Bertz CT molecular complexity index is 493. The lowest BCUT2D eigenvalue weighted by molar-refractivity contribution is -0.116. The normalized spacial score (nSPS) is 11.6. The third kappa shape index (κ3) is 8.47. The molecule has 1 aromatic carbocycles. The molecule has 0 aliphatic heterocycles. The van der Waals surface area contributed by atoms with Gasteiger partial charge in [0, 0.05) is 17.8 Å². The number of hydrogen-bond donors (Lipinski definition) is 4. The summed E-state index contributed by atoms with van der Waals surface area (Å²) in [6.45, 7) is 4.44. The van der Waals surface area contributed by atoms with E-state index in [0.717, 1.165) is 23.8 Å². The van der Waals surface area contributed by atoms with E-state index in [1.54, 1.807) is 24.3 Å². The summed E-state index contributed by atoms with van der Waals surface area (Å²) in [7, 11) is 0. The highest BCUT2D eigenvalue weighted by Crippen LogP contribution is 2.15. The summed E-state index contributed by atoms with van der Waals surface area (Å²) in [6.07, 6.45) is 2.59. The number of rotatable bonds is 9. The second-order valence-electron chi connectivity index (χ2n) is 5.42. The number of anilines is 2. The molecule has 5 N–H and O–H groups in total. The molecule has 128 valence electrons. The van der Waals surface area contributed by atoms with Crippen molar-refractivity contribution in [2.24, 2.45) is 11.8 Å². The first kappa shape index (κ1) is 19.3. The van der Waals surface area contributed by atoms with Gasteiger partial charge >= 0.3 is 6.03 Å². The molecule has 0 spiro atoms. The number of hydrazine groups is 1. The summed E-state index contributed by atoms with van der Waals surface area (Å²) in [5, 5.41) is 5.39. The second kappa shape index (κ2) is 10.9. The van der Waals surface area contributed by atoms with Crippen LogP contribution in [0.3, 0.4) is 0 Å². The maximum Gasteiger partial charge on any atom is 0.333 e. The zero-order valence-electron chi connectivity index (χ0n) is 13.7. The first-order valence-corrected chi connectivity index (χ1v) is 8.95. The van der Waals surface area contributed by atoms with E-state index in [2.05, 4.69) is 24.5 Å². The molecule has 3 amide bonds. The predicted molar refractivity (Wildman–Crippen MR) is 97.4 cm³/mol. The molecule has 0 saturated heterocycles. The zero-order valence-corrected chi connectivity index (χ0v) is 14.5. The maximum absolute atomic E-state index is 11.9. The Balaban J connectivity index is 2.25. The molecular formula is C16H26N4O2S. The van der Waals surface area contributed by atoms with Crippen molar-refractivity contribution >= 4 is 35.1 Å². The summed E-state index contributed by atoms with van der Waals surface area (Å²) in [5.74, 6) is 7.90. The van der Waals surface area contributed by atoms with Crippen LogP contribution >= 0.6 is 11.8 Å². The van der Waals surface area contributed by atoms with Crippen molar-refractivity contribution in [2.45, 2.75) is 33.1 Å². The molecule has 7 heteroatoms. The highest BCUT2D eigenvalue weighted by atomic mass is 32.2. The number of carbonyl (C=O) groups is 2. The monoisotopic (exact) mass is 338 g/mol. The molecule has 6 nitrogen and oxygen atoms in total. The van der Waals surface area contributed by atoms with Crippen LogP contribution in [-0.2, 0) is 4.79 Å². The first-order chi connectivity index (χ1) is 11.0. The molecule has 0 radical (unpaired) electrons. The van der Waals surface area contributed by atoms with E-state index in [1.807, 2.05) is 17.2 Å². The molecule has 0 bridgehead atoms. The minimum absolute atomic E-state index is 0.00884. The molecule has 0 saturated carbocycles. The van der Waals surface area contributed by atoms with Crippen LogP contribution in [0.25, 0.3) is 0 Å². The van der Waals surface area contributed by atoms with Crippen LogP contribution in [0.4, 0.5) is 16.2 Å². The Morgan fingerprint density at radius 2 is 1.78 bits per heavy atom. The van der Waals surface area contributed by atoms with Gasteiger partial charge in [-0.15, -0.1) is 0 Å². The van der Waals surface area contributed by atoms with E-state index in [9.17, 15) is 9.59 Å². The Hall–Kier alpha value is -1.73. The van der Waals surface area contributed by atoms with Crippen molar-refractivity contribution < 1.29 is 9.59 Å². The predicted octanol–water partition coefficient (Wildman–Crippen LogP) is 3.18. The molecule has 1 rings (SSSR count). The van der Waals surface area contributed by atoms with Crippen LogP contribution in [0, 0.1) is 5.92 Å². The van der Waals surface area contributed by atoms with Crippen LogP contribution in [-0.4, -0.2) is 23.4 Å². The Morgan fingerprint density at radius 1 is 1.17 bits per heavy atom. The molecule has 1 unspecified atom stereocenters. The van der Waals surface area contributed by atoms with Crippen LogP contribution in [0.2, 0.25) is 0 Å². The van der Waals surface area contributed by atoms with Crippen LogP contribution in [0.5, 0.6) is 0 Å². The van der Waals surface area contributed by atoms with Crippen molar-refractivity contribution in [3.05, 3.63) is 24.3 Å². The van der Waals surface area contributed by atoms with Gasteiger partial charge in [0.05, 0.1) is 0 Å². The maximum atomic E-state index is 11.9. The van der Waals surface area contributed by atoms with E-state index in [1.165, 1.54) is 6.42 Å². The largest absolute Gasteiger partial charge is 0.333 e. The molecule has 1 atom stereocenters. The van der Waals surface area contributed by atoms with Crippen molar-refractivity contribution in [2.75, 3.05) is 22.1 Å². The van der Waals surface area contributed by atoms with E-state index in [0.29, 0.717) is 17.8 Å². The standard InChI is InChI=1S/C16H26N4O2S/c1-3-12(2)11-23-10-4-5-15(21)18-13-6-8-14(9-7-13)19-16(22)20-17/h6-9,12H,3-5,10-11,17H2,1-2H3,(H,18,21)(H2,19,20,22). The molecule has 23 heavy (non-hydrogen) atoms. The van der Waals surface area contributed by atoms with Crippen LogP contribution in [0.1, 0.15) is 33.1 Å². The fraction of sp³-hybridized carbons (Fsp3) is 0.500. The van der Waals surface area contributed by atoms with Crippen LogP contribution < -0.4 is 21.9 Å². The van der Waals surface area contributed by atoms with Gasteiger partial charge in [-0.05, 0) is 48.1 Å². The number of benzene rings is 1. The third-order valence-corrected chi connectivity index (χ3v) is 4.73. The Morgan fingerprint density at radius 3 is 2.35 bits per heavy atom. The van der Waals surface area contributed by atoms with Gasteiger partial charge in [0.15, 0.2) is 0 Å².